The first-order chi connectivity index (χ1) is 13.0. The van der Waals surface area contributed by atoms with Gasteiger partial charge in [0.1, 0.15) is 0 Å². The Morgan fingerprint density at radius 1 is 1.26 bits per heavy atom. The van der Waals surface area contributed by atoms with Crippen LogP contribution in [0.25, 0.3) is 0 Å². The second kappa shape index (κ2) is 8.22. The number of nitrogens with two attached hydrogens (primary N) is 1. The Labute approximate surface area is 160 Å². The molecule has 3 rings (SSSR count). The highest BCUT2D eigenvalue weighted by Gasteiger charge is 2.22. The quantitative estimate of drug-likeness (QED) is 0.451. The molecule has 0 unspecified atom stereocenters. The molecule has 0 aromatic heterocycles. The number of fused-ring (bicyclic) bond motifs is 1. The number of primary amides is 1. The van der Waals surface area contributed by atoms with Gasteiger partial charge >= 0.3 is 0 Å². The summed E-state index contributed by atoms with van der Waals surface area (Å²) in [7, 11) is 0. The summed E-state index contributed by atoms with van der Waals surface area (Å²) in [6, 6.07) is 12.0. The van der Waals surface area contributed by atoms with Crippen molar-refractivity contribution < 1.29 is 14.5 Å². The second-order valence-electron chi connectivity index (χ2n) is 6.30. The lowest BCUT2D eigenvalue weighted by molar-refractivity contribution is -0.387. The topological polar surface area (TPSA) is 115 Å². The van der Waals surface area contributed by atoms with Gasteiger partial charge in [0.25, 0.3) is 5.69 Å². The standard InChI is InChI=1S/C19H19N3O4S/c20-19(24)13-8-9-17(16(10-13)22(25)26)27-11-18(23)21-15-7-3-5-12-4-1-2-6-14(12)15/h1-2,4,6,8-10,15H,3,5,7,11H2,(H2,20,24)(H,21,23)/t15-/m1/s1. The average Bonchev–Trinajstić information content (AvgIpc) is 2.66. The van der Waals surface area contributed by atoms with Crippen LogP contribution in [0.15, 0.2) is 47.4 Å². The number of thioether (sulfide) groups is 1. The molecule has 140 valence electrons. The number of nitrogens with zero attached hydrogens (tertiary/aromatic N) is 1. The maximum Gasteiger partial charge on any atom is 0.283 e. The summed E-state index contributed by atoms with van der Waals surface area (Å²) >= 11 is 1.07. The van der Waals surface area contributed by atoms with Gasteiger partial charge in [-0.15, -0.1) is 11.8 Å². The molecule has 2 amide bonds. The summed E-state index contributed by atoms with van der Waals surface area (Å²) in [5, 5.41) is 14.3. The van der Waals surface area contributed by atoms with Crippen LogP contribution in [0.1, 0.15) is 40.4 Å². The van der Waals surface area contributed by atoms with E-state index in [0.717, 1.165) is 42.7 Å². The number of nitro groups is 1. The smallest absolute Gasteiger partial charge is 0.283 e. The minimum atomic E-state index is -0.733. The largest absolute Gasteiger partial charge is 0.366 e. The minimum absolute atomic E-state index is 0.0322. The van der Waals surface area contributed by atoms with Gasteiger partial charge in [0, 0.05) is 11.6 Å². The molecule has 0 heterocycles. The number of nitrogens with one attached hydrogen (secondary N) is 1. The van der Waals surface area contributed by atoms with Gasteiger partial charge in [-0.05, 0) is 42.5 Å². The fraction of sp³-hybridized carbons (Fsp3) is 0.263. The molecule has 0 aliphatic heterocycles. The van der Waals surface area contributed by atoms with Crippen molar-refractivity contribution >= 4 is 29.3 Å². The predicted molar refractivity (Wildman–Crippen MR) is 103 cm³/mol. The van der Waals surface area contributed by atoms with E-state index in [0.29, 0.717) is 4.90 Å². The Balaban J connectivity index is 1.66. The molecule has 3 N–H and O–H groups in total. The zero-order valence-corrected chi connectivity index (χ0v) is 15.3. The third kappa shape index (κ3) is 4.46. The number of aryl methyl sites for hydroxylation is 1. The molecular weight excluding hydrogens is 366 g/mol. The van der Waals surface area contributed by atoms with E-state index >= 15 is 0 Å². The summed E-state index contributed by atoms with van der Waals surface area (Å²) in [4.78, 5) is 34.6. The SMILES string of the molecule is NC(=O)c1ccc(SCC(=O)N[C@@H]2CCCc3ccccc32)c([N+](=O)[O-])c1. The molecule has 7 nitrogen and oxygen atoms in total. The second-order valence-corrected chi connectivity index (χ2v) is 7.32. The fourth-order valence-corrected chi connectivity index (χ4v) is 4.03. The first-order valence-electron chi connectivity index (χ1n) is 8.54. The summed E-state index contributed by atoms with van der Waals surface area (Å²) < 4.78 is 0. The molecule has 1 aliphatic rings. The Bertz CT molecular complexity index is 900. The number of rotatable bonds is 6. The highest BCUT2D eigenvalue weighted by molar-refractivity contribution is 8.00. The highest BCUT2D eigenvalue weighted by Crippen LogP contribution is 2.32. The van der Waals surface area contributed by atoms with E-state index in [4.69, 9.17) is 5.73 Å². The Hall–Kier alpha value is -2.87. The lowest BCUT2D eigenvalue weighted by atomic mass is 9.88. The van der Waals surface area contributed by atoms with Crippen LogP contribution in [-0.4, -0.2) is 22.5 Å². The van der Waals surface area contributed by atoms with Gasteiger partial charge in [-0.2, -0.15) is 0 Å². The number of carbonyl (C=O) groups is 2. The average molecular weight is 385 g/mol. The number of carbonyl (C=O) groups excluding carboxylic acids is 2. The zero-order chi connectivity index (χ0) is 19.4. The number of nitro benzene ring substituents is 1. The van der Waals surface area contributed by atoms with E-state index in [-0.39, 0.29) is 29.0 Å². The van der Waals surface area contributed by atoms with Crippen molar-refractivity contribution in [3.05, 3.63) is 69.3 Å². The maximum absolute atomic E-state index is 12.4. The normalized spacial score (nSPS) is 15.6. The number of amides is 2. The number of hydrogen-bond donors (Lipinski definition) is 2. The summed E-state index contributed by atoms with van der Waals surface area (Å²) in [5.41, 5.74) is 7.39. The Morgan fingerprint density at radius 2 is 2.04 bits per heavy atom. The predicted octanol–water partition coefficient (Wildman–Crippen LogP) is 2.98. The van der Waals surface area contributed by atoms with Crippen molar-refractivity contribution in [1.29, 1.82) is 0 Å². The van der Waals surface area contributed by atoms with Crippen molar-refractivity contribution in [3.63, 3.8) is 0 Å². The number of hydrogen-bond acceptors (Lipinski definition) is 5. The van der Waals surface area contributed by atoms with Crippen LogP contribution in [0, 0.1) is 10.1 Å². The maximum atomic E-state index is 12.4. The molecule has 2 aromatic carbocycles. The van der Waals surface area contributed by atoms with Gasteiger partial charge in [0.05, 0.1) is 21.6 Å². The molecule has 27 heavy (non-hydrogen) atoms. The molecule has 1 aliphatic carbocycles. The van der Waals surface area contributed by atoms with Gasteiger partial charge in [-0.1, -0.05) is 24.3 Å². The summed E-state index contributed by atoms with van der Waals surface area (Å²) in [5.74, 6) is -0.867. The molecule has 0 saturated heterocycles. The van der Waals surface area contributed by atoms with Crippen molar-refractivity contribution in [2.75, 3.05) is 5.75 Å². The van der Waals surface area contributed by atoms with Gasteiger partial charge in [0.2, 0.25) is 11.8 Å². The first kappa shape index (κ1) is 18.9. The van der Waals surface area contributed by atoms with Gasteiger partial charge in [-0.3, -0.25) is 19.7 Å². The van der Waals surface area contributed by atoms with E-state index in [1.165, 1.54) is 17.7 Å². The lowest BCUT2D eigenvalue weighted by Crippen LogP contribution is -2.32. The summed E-state index contributed by atoms with van der Waals surface area (Å²) in [6.45, 7) is 0. The van der Waals surface area contributed by atoms with Crippen LogP contribution < -0.4 is 11.1 Å². The van der Waals surface area contributed by atoms with Gasteiger partial charge < -0.3 is 11.1 Å². The molecule has 0 spiro atoms. The fourth-order valence-electron chi connectivity index (χ4n) is 3.22. The summed E-state index contributed by atoms with van der Waals surface area (Å²) in [6.07, 6.45) is 2.89. The molecule has 0 saturated carbocycles. The first-order valence-corrected chi connectivity index (χ1v) is 9.52. The van der Waals surface area contributed by atoms with Crippen molar-refractivity contribution in [2.24, 2.45) is 5.73 Å². The van der Waals surface area contributed by atoms with Crippen molar-refractivity contribution in [1.82, 2.24) is 5.32 Å². The molecule has 0 radical (unpaired) electrons. The van der Waals surface area contributed by atoms with E-state index in [1.54, 1.807) is 0 Å². The Morgan fingerprint density at radius 3 is 2.78 bits per heavy atom. The van der Waals surface area contributed by atoms with Crippen LogP contribution >= 0.6 is 11.8 Å². The van der Waals surface area contributed by atoms with E-state index in [2.05, 4.69) is 11.4 Å². The van der Waals surface area contributed by atoms with Crippen LogP contribution in [0.4, 0.5) is 5.69 Å². The molecule has 1 atom stereocenters. The zero-order valence-electron chi connectivity index (χ0n) is 14.5. The molecule has 0 bridgehead atoms. The Kier molecular flexibility index (Phi) is 5.75. The van der Waals surface area contributed by atoms with E-state index in [1.807, 2.05) is 18.2 Å². The van der Waals surface area contributed by atoms with Crippen molar-refractivity contribution in [2.45, 2.75) is 30.2 Å². The van der Waals surface area contributed by atoms with Crippen molar-refractivity contribution in [3.8, 4) is 0 Å². The molecular formula is C19H19N3O4S. The van der Waals surface area contributed by atoms with Crippen LogP contribution in [0.5, 0.6) is 0 Å². The van der Waals surface area contributed by atoms with Crippen LogP contribution in [0.2, 0.25) is 0 Å². The molecule has 0 fully saturated rings. The third-order valence-electron chi connectivity index (χ3n) is 4.50. The van der Waals surface area contributed by atoms with Gasteiger partial charge in [-0.25, -0.2) is 0 Å². The van der Waals surface area contributed by atoms with E-state index < -0.39 is 10.8 Å². The van der Waals surface area contributed by atoms with E-state index in [9.17, 15) is 19.7 Å². The van der Waals surface area contributed by atoms with Gasteiger partial charge in [0.15, 0.2) is 0 Å². The highest BCUT2D eigenvalue weighted by atomic mass is 32.2. The third-order valence-corrected chi connectivity index (χ3v) is 5.57. The molecule has 2 aromatic rings. The van der Waals surface area contributed by atoms with Crippen LogP contribution in [-0.2, 0) is 11.2 Å². The van der Waals surface area contributed by atoms with Crippen LogP contribution in [0.3, 0.4) is 0 Å². The number of benzene rings is 2. The monoisotopic (exact) mass is 385 g/mol. The minimum Gasteiger partial charge on any atom is -0.366 e. The lowest BCUT2D eigenvalue weighted by Gasteiger charge is -2.26. The molecule has 8 heteroatoms.